The standard InChI is InChI=1S/C13H22N2O2/c1-4-17-11-7-5-6-10(12(11)14)15-8-13(2,3)9-16/h5-7,15-16H,4,8-9,14H2,1-3H3. The molecule has 0 radical (unpaired) electrons. The zero-order chi connectivity index (χ0) is 12.9. The highest BCUT2D eigenvalue weighted by atomic mass is 16.5. The smallest absolute Gasteiger partial charge is 0.144 e. The predicted molar refractivity (Wildman–Crippen MR) is 71.4 cm³/mol. The molecule has 1 rings (SSSR count). The van der Waals surface area contributed by atoms with E-state index < -0.39 is 0 Å². The fraction of sp³-hybridized carbons (Fsp3) is 0.538. The molecule has 0 amide bonds. The molecule has 0 aliphatic carbocycles. The molecule has 4 heteroatoms. The average molecular weight is 238 g/mol. The molecule has 4 N–H and O–H groups in total. The van der Waals surface area contributed by atoms with Crippen LogP contribution < -0.4 is 15.8 Å². The van der Waals surface area contributed by atoms with Crippen molar-refractivity contribution in [2.75, 3.05) is 30.8 Å². The van der Waals surface area contributed by atoms with E-state index in [0.717, 1.165) is 5.69 Å². The zero-order valence-electron chi connectivity index (χ0n) is 10.8. The zero-order valence-corrected chi connectivity index (χ0v) is 10.8. The van der Waals surface area contributed by atoms with Gasteiger partial charge in [-0.1, -0.05) is 19.9 Å². The Morgan fingerprint density at radius 2 is 2.12 bits per heavy atom. The number of benzene rings is 1. The van der Waals surface area contributed by atoms with Gasteiger partial charge in [0.1, 0.15) is 5.75 Å². The largest absolute Gasteiger partial charge is 0.492 e. The van der Waals surface area contributed by atoms with Crippen LogP contribution in [0.15, 0.2) is 18.2 Å². The van der Waals surface area contributed by atoms with Gasteiger partial charge in [0.05, 0.1) is 18.0 Å². The third-order valence-electron chi connectivity index (χ3n) is 2.55. The van der Waals surface area contributed by atoms with Gasteiger partial charge >= 0.3 is 0 Å². The molecule has 0 bridgehead atoms. The molecular formula is C13H22N2O2. The van der Waals surface area contributed by atoms with Crippen molar-refractivity contribution >= 4 is 11.4 Å². The van der Waals surface area contributed by atoms with Crippen LogP contribution >= 0.6 is 0 Å². The van der Waals surface area contributed by atoms with Gasteiger partial charge in [0, 0.05) is 18.6 Å². The molecular weight excluding hydrogens is 216 g/mol. The Morgan fingerprint density at radius 3 is 2.71 bits per heavy atom. The third-order valence-corrected chi connectivity index (χ3v) is 2.55. The number of anilines is 2. The number of hydrogen-bond donors (Lipinski definition) is 3. The van der Waals surface area contributed by atoms with Crippen LogP contribution in [0.3, 0.4) is 0 Å². The fourth-order valence-electron chi connectivity index (χ4n) is 1.37. The first-order valence-electron chi connectivity index (χ1n) is 5.86. The summed E-state index contributed by atoms with van der Waals surface area (Å²) >= 11 is 0. The summed E-state index contributed by atoms with van der Waals surface area (Å²) in [6, 6.07) is 5.65. The van der Waals surface area contributed by atoms with E-state index in [1.165, 1.54) is 0 Å². The Labute approximate surface area is 103 Å². The van der Waals surface area contributed by atoms with Crippen molar-refractivity contribution in [3.63, 3.8) is 0 Å². The van der Waals surface area contributed by atoms with Gasteiger partial charge in [0.15, 0.2) is 0 Å². The summed E-state index contributed by atoms with van der Waals surface area (Å²) in [5.41, 5.74) is 7.28. The Hall–Kier alpha value is -1.42. The van der Waals surface area contributed by atoms with Crippen molar-refractivity contribution < 1.29 is 9.84 Å². The number of nitrogens with two attached hydrogens (primary N) is 1. The highest BCUT2D eigenvalue weighted by Gasteiger charge is 2.16. The van der Waals surface area contributed by atoms with Crippen molar-refractivity contribution in [1.82, 2.24) is 0 Å². The monoisotopic (exact) mass is 238 g/mol. The summed E-state index contributed by atoms with van der Waals surface area (Å²) in [5, 5.41) is 12.4. The van der Waals surface area contributed by atoms with Crippen LogP contribution in [0.25, 0.3) is 0 Å². The van der Waals surface area contributed by atoms with E-state index in [0.29, 0.717) is 24.6 Å². The number of hydrogen-bond acceptors (Lipinski definition) is 4. The minimum atomic E-state index is -0.173. The molecule has 0 spiro atoms. The van der Waals surface area contributed by atoms with Crippen LogP contribution in [0.2, 0.25) is 0 Å². The molecule has 0 saturated carbocycles. The summed E-state index contributed by atoms with van der Waals surface area (Å²) in [4.78, 5) is 0. The lowest BCUT2D eigenvalue weighted by Gasteiger charge is -2.23. The first-order chi connectivity index (χ1) is 8.00. The van der Waals surface area contributed by atoms with Crippen LogP contribution in [0.5, 0.6) is 5.75 Å². The third kappa shape index (κ3) is 3.82. The highest BCUT2D eigenvalue weighted by Crippen LogP contribution is 2.30. The Morgan fingerprint density at radius 1 is 1.41 bits per heavy atom. The molecule has 4 nitrogen and oxygen atoms in total. The maximum Gasteiger partial charge on any atom is 0.144 e. The second-order valence-corrected chi connectivity index (χ2v) is 4.83. The molecule has 96 valence electrons. The lowest BCUT2D eigenvalue weighted by atomic mass is 9.95. The quantitative estimate of drug-likeness (QED) is 0.664. The van der Waals surface area contributed by atoms with E-state index in [4.69, 9.17) is 10.5 Å². The van der Waals surface area contributed by atoms with E-state index in [1.807, 2.05) is 39.0 Å². The van der Waals surface area contributed by atoms with Crippen LogP contribution in [0.4, 0.5) is 11.4 Å². The minimum absolute atomic E-state index is 0.130. The van der Waals surface area contributed by atoms with Gasteiger partial charge in [-0.2, -0.15) is 0 Å². The number of para-hydroxylation sites is 1. The fourth-order valence-corrected chi connectivity index (χ4v) is 1.37. The second kappa shape index (κ2) is 5.77. The van der Waals surface area contributed by atoms with Crippen LogP contribution in [-0.4, -0.2) is 24.9 Å². The minimum Gasteiger partial charge on any atom is -0.492 e. The van der Waals surface area contributed by atoms with E-state index in [1.54, 1.807) is 0 Å². The second-order valence-electron chi connectivity index (χ2n) is 4.83. The van der Waals surface area contributed by atoms with E-state index >= 15 is 0 Å². The summed E-state index contributed by atoms with van der Waals surface area (Å²) in [6.45, 7) is 7.28. The molecule has 0 aromatic heterocycles. The molecule has 0 unspecified atom stereocenters. The Bertz CT molecular complexity index is 364. The van der Waals surface area contributed by atoms with E-state index in [9.17, 15) is 5.11 Å². The number of aliphatic hydroxyl groups is 1. The van der Waals surface area contributed by atoms with Gasteiger partial charge in [-0.15, -0.1) is 0 Å². The topological polar surface area (TPSA) is 67.5 Å². The molecule has 0 aliphatic heterocycles. The van der Waals surface area contributed by atoms with Gasteiger partial charge < -0.3 is 20.9 Å². The first kappa shape index (κ1) is 13.6. The van der Waals surface area contributed by atoms with Crippen molar-refractivity contribution in [2.45, 2.75) is 20.8 Å². The summed E-state index contributed by atoms with van der Waals surface area (Å²) < 4.78 is 5.42. The molecule has 1 aromatic carbocycles. The lowest BCUT2D eigenvalue weighted by Crippen LogP contribution is -2.27. The van der Waals surface area contributed by atoms with Gasteiger partial charge in [-0.05, 0) is 19.1 Å². The first-order valence-corrected chi connectivity index (χ1v) is 5.86. The summed E-state index contributed by atoms with van der Waals surface area (Å²) in [6.07, 6.45) is 0. The number of rotatable bonds is 6. The molecule has 0 aliphatic rings. The molecule has 17 heavy (non-hydrogen) atoms. The molecule has 1 aromatic rings. The van der Waals surface area contributed by atoms with Gasteiger partial charge in [0.2, 0.25) is 0 Å². The predicted octanol–water partition coefficient (Wildman–Crippen LogP) is 2.10. The van der Waals surface area contributed by atoms with Crippen molar-refractivity contribution in [1.29, 1.82) is 0 Å². The maximum atomic E-state index is 9.18. The van der Waals surface area contributed by atoms with E-state index in [2.05, 4.69) is 5.32 Å². The number of nitrogen functional groups attached to an aromatic ring is 1. The van der Waals surface area contributed by atoms with E-state index in [-0.39, 0.29) is 12.0 Å². The highest BCUT2D eigenvalue weighted by molar-refractivity contribution is 5.72. The average Bonchev–Trinajstić information content (AvgIpc) is 2.31. The molecule has 0 saturated heterocycles. The van der Waals surface area contributed by atoms with Crippen LogP contribution in [-0.2, 0) is 0 Å². The van der Waals surface area contributed by atoms with Crippen molar-refractivity contribution in [3.05, 3.63) is 18.2 Å². The maximum absolute atomic E-state index is 9.18. The SMILES string of the molecule is CCOc1cccc(NCC(C)(C)CO)c1N. The molecule has 0 heterocycles. The van der Waals surface area contributed by atoms with Gasteiger partial charge in [-0.3, -0.25) is 0 Å². The van der Waals surface area contributed by atoms with Crippen molar-refractivity contribution in [3.8, 4) is 5.75 Å². The van der Waals surface area contributed by atoms with Gasteiger partial charge in [-0.25, -0.2) is 0 Å². The number of aliphatic hydroxyl groups excluding tert-OH is 1. The lowest BCUT2D eigenvalue weighted by molar-refractivity contribution is 0.171. The molecule has 0 atom stereocenters. The summed E-state index contributed by atoms with van der Waals surface area (Å²) in [7, 11) is 0. The van der Waals surface area contributed by atoms with Crippen molar-refractivity contribution in [2.24, 2.45) is 5.41 Å². The Kier molecular flexibility index (Phi) is 4.63. The van der Waals surface area contributed by atoms with Gasteiger partial charge in [0.25, 0.3) is 0 Å². The van der Waals surface area contributed by atoms with Crippen LogP contribution in [0, 0.1) is 5.41 Å². The number of ether oxygens (including phenoxy) is 1. The van der Waals surface area contributed by atoms with Crippen LogP contribution in [0.1, 0.15) is 20.8 Å². The Balaban J connectivity index is 2.75. The normalized spacial score (nSPS) is 11.3. The number of nitrogens with one attached hydrogen (secondary N) is 1. The molecule has 0 fully saturated rings. The summed E-state index contributed by atoms with van der Waals surface area (Å²) in [5.74, 6) is 0.694.